The van der Waals surface area contributed by atoms with Crippen LogP contribution in [0.1, 0.15) is 16.1 Å². The van der Waals surface area contributed by atoms with Crippen LogP contribution in [0, 0.1) is 5.82 Å². The summed E-state index contributed by atoms with van der Waals surface area (Å²) in [7, 11) is 1.42. The topological polar surface area (TPSA) is 112 Å². The standard InChI is InChI=1S/C28H20Cl2FN7O3/c1-40-25-14-24(41-36-25)27(39)35-38-23-6-3-2-5-22(23)34-28(38)32-15-17-8-7-16(11-21(17)31)19-12-18(29)13-20(30)26(19)37-10-4-9-33-37/h2-14H,15H2,1H3,(H,32,34)(H,35,39). The van der Waals surface area contributed by atoms with Gasteiger partial charge in [-0.05, 0) is 47.1 Å². The van der Waals surface area contributed by atoms with Crippen LogP contribution >= 0.6 is 23.2 Å². The van der Waals surface area contributed by atoms with Gasteiger partial charge in [-0.25, -0.2) is 18.7 Å². The molecule has 1 amide bonds. The number of imidazole rings is 1. The van der Waals surface area contributed by atoms with E-state index in [4.69, 9.17) is 32.5 Å². The van der Waals surface area contributed by atoms with Gasteiger partial charge in [-0.1, -0.05) is 47.5 Å². The number of methoxy groups -OCH3 is 1. The molecule has 206 valence electrons. The van der Waals surface area contributed by atoms with Crippen molar-refractivity contribution >= 4 is 46.1 Å². The highest BCUT2D eigenvalue weighted by atomic mass is 35.5. The van der Waals surface area contributed by atoms with Crippen molar-refractivity contribution in [2.75, 3.05) is 17.9 Å². The Morgan fingerprint density at radius 1 is 1.10 bits per heavy atom. The van der Waals surface area contributed by atoms with E-state index in [0.29, 0.717) is 43.5 Å². The Morgan fingerprint density at radius 3 is 2.71 bits per heavy atom. The van der Waals surface area contributed by atoms with Crippen LogP contribution in [0.3, 0.4) is 0 Å². The van der Waals surface area contributed by atoms with Crippen molar-refractivity contribution in [2.24, 2.45) is 0 Å². The van der Waals surface area contributed by atoms with Crippen molar-refractivity contribution in [3.8, 4) is 22.7 Å². The lowest BCUT2D eigenvalue weighted by Crippen LogP contribution is -2.24. The SMILES string of the molecule is COc1cc(C(=O)Nn2c(NCc3ccc(-c4cc(Cl)cc(Cl)c4-n4cccn4)cc3F)nc3ccccc32)on1. The Bertz CT molecular complexity index is 1890. The maximum Gasteiger partial charge on any atom is 0.308 e. The van der Waals surface area contributed by atoms with Gasteiger partial charge in [-0.3, -0.25) is 10.2 Å². The van der Waals surface area contributed by atoms with Crippen LogP contribution in [-0.4, -0.2) is 37.6 Å². The second-order valence-electron chi connectivity index (χ2n) is 8.83. The molecule has 3 heterocycles. The highest BCUT2D eigenvalue weighted by Gasteiger charge is 2.19. The molecule has 6 aromatic rings. The van der Waals surface area contributed by atoms with Gasteiger partial charge in [0.1, 0.15) is 5.82 Å². The van der Waals surface area contributed by atoms with E-state index in [1.165, 1.54) is 23.9 Å². The van der Waals surface area contributed by atoms with Gasteiger partial charge >= 0.3 is 5.91 Å². The van der Waals surface area contributed by atoms with Crippen LogP contribution < -0.4 is 15.5 Å². The van der Waals surface area contributed by atoms with Gasteiger partial charge in [0.25, 0.3) is 5.88 Å². The Kier molecular flexibility index (Phi) is 7.04. The molecule has 41 heavy (non-hydrogen) atoms. The van der Waals surface area contributed by atoms with Gasteiger partial charge in [-0.2, -0.15) is 5.10 Å². The highest BCUT2D eigenvalue weighted by Crippen LogP contribution is 2.36. The number of fused-ring (bicyclic) bond motifs is 1. The van der Waals surface area contributed by atoms with Crippen LogP contribution in [0.4, 0.5) is 10.3 Å². The van der Waals surface area contributed by atoms with E-state index in [1.807, 2.05) is 12.1 Å². The summed E-state index contributed by atoms with van der Waals surface area (Å²) < 4.78 is 28.5. The summed E-state index contributed by atoms with van der Waals surface area (Å²) in [5, 5.41) is 11.8. The number of nitrogens with one attached hydrogen (secondary N) is 2. The molecular formula is C28H20Cl2FN7O3. The molecule has 0 saturated carbocycles. The molecule has 0 unspecified atom stereocenters. The van der Waals surface area contributed by atoms with Crippen molar-refractivity contribution < 1.29 is 18.4 Å². The predicted octanol–water partition coefficient (Wildman–Crippen LogP) is 6.33. The molecule has 0 aliphatic heterocycles. The number of aromatic nitrogens is 5. The van der Waals surface area contributed by atoms with E-state index in [0.717, 1.165) is 0 Å². The normalized spacial score (nSPS) is 11.1. The lowest BCUT2D eigenvalue weighted by molar-refractivity contribution is 0.0973. The fourth-order valence-corrected chi connectivity index (χ4v) is 4.91. The molecule has 0 fully saturated rings. The van der Waals surface area contributed by atoms with Crippen LogP contribution in [-0.2, 0) is 6.54 Å². The molecule has 0 saturated heterocycles. The first-order chi connectivity index (χ1) is 19.9. The summed E-state index contributed by atoms with van der Waals surface area (Å²) >= 11 is 12.8. The number of halogens is 3. The van der Waals surface area contributed by atoms with Crippen molar-refractivity contribution in [3.05, 3.63) is 106 Å². The number of anilines is 1. The summed E-state index contributed by atoms with van der Waals surface area (Å²) in [6.45, 7) is 0.0732. The Labute approximate surface area is 242 Å². The van der Waals surface area contributed by atoms with Crippen LogP contribution in [0.5, 0.6) is 5.88 Å². The molecule has 0 atom stereocenters. The number of hydrogen-bond donors (Lipinski definition) is 2. The summed E-state index contributed by atoms with van der Waals surface area (Å²) in [6.07, 6.45) is 3.37. The average molecular weight is 592 g/mol. The first kappa shape index (κ1) is 26.4. The predicted molar refractivity (Wildman–Crippen MR) is 153 cm³/mol. The van der Waals surface area contributed by atoms with Crippen molar-refractivity contribution in [1.29, 1.82) is 0 Å². The lowest BCUT2D eigenvalue weighted by Gasteiger charge is -2.15. The van der Waals surface area contributed by atoms with Crippen molar-refractivity contribution in [3.63, 3.8) is 0 Å². The fraction of sp³-hybridized carbons (Fsp3) is 0.0714. The molecule has 0 bridgehead atoms. The maximum absolute atomic E-state index is 15.4. The maximum atomic E-state index is 15.4. The van der Waals surface area contributed by atoms with Gasteiger partial charge < -0.3 is 14.6 Å². The molecular weight excluding hydrogens is 572 g/mol. The molecule has 6 rings (SSSR count). The zero-order valence-electron chi connectivity index (χ0n) is 21.3. The Hall–Kier alpha value is -4.87. The summed E-state index contributed by atoms with van der Waals surface area (Å²) in [5.41, 5.74) is 6.12. The van der Waals surface area contributed by atoms with Crippen molar-refractivity contribution in [1.82, 2.24) is 24.6 Å². The number of amides is 1. The third kappa shape index (κ3) is 5.20. The molecule has 3 aromatic carbocycles. The minimum Gasteiger partial charge on any atom is -0.479 e. The Balaban J connectivity index is 1.28. The zero-order valence-corrected chi connectivity index (χ0v) is 22.8. The van der Waals surface area contributed by atoms with Gasteiger partial charge in [0, 0.05) is 35.1 Å². The third-order valence-electron chi connectivity index (χ3n) is 6.26. The summed E-state index contributed by atoms with van der Waals surface area (Å²) in [5.74, 6) is -0.631. The van der Waals surface area contributed by atoms with Crippen LogP contribution in [0.25, 0.3) is 27.8 Å². The largest absolute Gasteiger partial charge is 0.479 e. The smallest absolute Gasteiger partial charge is 0.308 e. The van der Waals surface area contributed by atoms with Crippen LogP contribution in [0.2, 0.25) is 10.0 Å². The number of carbonyl (C=O) groups is 1. The number of para-hydroxylation sites is 2. The first-order valence-corrected chi connectivity index (χ1v) is 13.0. The Morgan fingerprint density at radius 2 is 1.95 bits per heavy atom. The van der Waals surface area contributed by atoms with Gasteiger partial charge in [0.15, 0.2) is 0 Å². The average Bonchev–Trinajstić information content (AvgIpc) is 3.73. The highest BCUT2D eigenvalue weighted by molar-refractivity contribution is 6.36. The first-order valence-electron chi connectivity index (χ1n) is 12.2. The minimum absolute atomic E-state index is 0.0529. The monoisotopic (exact) mass is 591 g/mol. The third-order valence-corrected chi connectivity index (χ3v) is 6.76. The second-order valence-corrected chi connectivity index (χ2v) is 9.67. The summed E-state index contributed by atoms with van der Waals surface area (Å²) in [6, 6.07) is 18.5. The molecule has 13 heteroatoms. The number of carbonyl (C=O) groups excluding carboxylic acids is 1. The number of nitrogens with zero attached hydrogens (tertiary/aromatic N) is 5. The minimum atomic E-state index is -0.573. The van der Waals surface area contributed by atoms with Crippen molar-refractivity contribution in [2.45, 2.75) is 6.54 Å². The number of rotatable bonds is 8. The fourth-order valence-electron chi connectivity index (χ4n) is 4.33. The number of benzene rings is 3. The van der Waals surface area contributed by atoms with Gasteiger partial charge in [0.05, 0.1) is 34.9 Å². The molecule has 0 spiro atoms. The molecule has 0 aliphatic carbocycles. The van der Waals surface area contributed by atoms with E-state index >= 15 is 4.39 Å². The quantitative estimate of drug-likeness (QED) is 0.213. The second kappa shape index (κ2) is 11.0. The summed E-state index contributed by atoms with van der Waals surface area (Å²) in [4.78, 5) is 17.4. The van der Waals surface area contributed by atoms with Gasteiger partial charge in [-0.15, -0.1) is 0 Å². The lowest BCUT2D eigenvalue weighted by atomic mass is 10.0. The zero-order chi connectivity index (χ0) is 28.5. The number of ether oxygens (including phenoxy) is 1. The molecule has 10 nitrogen and oxygen atoms in total. The molecule has 0 radical (unpaired) electrons. The van der Waals surface area contributed by atoms with E-state index < -0.39 is 11.7 Å². The van der Waals surface area contributed by atoms with E-state index in [9.17, 15) is 4.79 Å². The molecule has 0 aliphatic rings. The van der Waals surface area contributed by atoms with E-state index in [1.54, 1.807) is 59.5 Å². The van der Waals surface area contributed by atoms with E-state index in [-0.39, 0.29) is 24.1 Å². The van der Waals surface area contributed by atoms with Crippen LogP contribution in [0.15, 0.2) is 83.6 Å². The molecule has 2 N–H and O–H groups in total. The van der Waals surface area contributed by atoms with Gasteiger partial charge in [0.2, 0.25) is 11.7 Å². The van der Waals surface area contributed by atoms with E-state index in [2.05, 4.69) is 26.0 Å². The number of hydrogen-bond acceptors (Lipinski definition) is 7. The molecule has 3 aromatic heterocycles.